The van der Waals surface area contributed by atoms with Gasteiger partial charge in [-0.3, -0.25) is 0 Å². The van der Waals surface area contributed by atoms with E-state index in [1.54, 1.807) is 0 Å². The molecule has 0 spiro atoms. The maximum atomic E-state index is 6.01. The van der Waals surface area contributed by atoms with Crippen molar-refractivity contribution in [2.24, 2.45) is 5.92 Å². The molecule has 0 saturated heterocycles. The summed E-state index contributed by atoms with van der Waals surface area (Å²) in [5.41, 5.74) is 1.22. The van der Waals surface area contributed by atoms with Gasteiger partial charge in [0.15, 0.2) is 0 Å². The second kappa shape index (κ2) is 4.32. The van der Waals surface area contributed by atoms with Crippen molar-refractivity contribution in [3.05, 3.63) is 17.2 Å². The predicted molar refractivity (Wildman–Crippen MR) is 57.6 cm³/mol. The normalized spacial score (nSPS) is 20.9. The molecular weight excluding hydrogens is 198 g/mol. The molecule has 0 saturated carbocycles. The van der Waals surface area contributed by atoms with Crippen molar-refractivity contribution in [1.29, 1.82) is 0 Å². The van der Waals surface area contributed by atoms with Crippen molar-refractivity contribution in [3.8, 4) is 0 Å². The molecule has 1 aliphatic rings. The molecule has 0 amide bonds. The van der Waals surface area contributed by atoms with Crippen LogP contribution in [0.25, 0.3) is 0 Å². The number of aromatic nitrogens is 2. The molecule has 1 unspecified atom stereocenters. The zero-order valence-electron chi connectivity index (χ0n) is 8.46. The van der Waals surface area contributed by atoms with Crippen LogP contribution in [0.1, 0.15) is 18.5 Å². The molecule has 14 heavy (non-hydrogen) atoms. The van der Waals surface area contributed by atoms with Gasteiger partial charge in [-0.2, -0.15) is 0 Å². The number of hydrogen-bond acceptors (Lipinski definition) is 2. The SMILES string of the molecule is CNCCC1CCn2cnc(Cl)c2C1. The van der Waals surface area contributed by atoms with Crippen molar-refractivity contribution in [1.82, 2.24) is 14.9 Å². The molecule has 78 valence electrons. The minimum Gasteiger partial charge on any atom is -0.333 e. The molecule has 1 N–H and O–H groups in total. The van der Waals surface area contributed by atoms with E-state index < -0.39 is 0 Å². The van der Waals surface area contributed by atoms with Crippen LogP contribution in [0.3, 0.4) is 0 Å². The van der Waals surface area contributed by atoms with Crippen molar-refractivity contribution in [2.75, 3.05) is 13.6 Å². The summed E-state index contributed by atoms with van der Waals surface area (Å²) in [6.45, 7) is 2.17. The molecule has 3 nitrogen and oxygen atoms in total. The summed E-state index contributed by atoms with van der Waals surface area (Å²) in [5.74, 6) is 0.768. The van der Waals surface area contributed by atoms with Gasteiger partial charge in [-0.1, -0.05) is 11.6 Å². The Kier molecular flexibility index (Phi) is 3.08. The summed E-state index contributed by atoms with van der Waals surface area (Å²) in [7, 11) is 2.00. The monoisotopic (exact) mass is 213 g/mol. The number of halogens is 1. The zero-order chi connectivity index (χ0) is 9.97. The topological polar surface area (TPSA) is 29.9 Å². The van der Waals surface area contributed by atoms with E-state index in [0.29, 0.717) is 5.15 Å². The van der Waals surface area contributed by atoms with Crippen molar-refractivity contribution >= 4 is 11.6 Å². The van der Waals surface area contributed by atoms with Crippen LogP contribution >= 0.6 is 11.6 Å². The van der Waals surface area contributed by atoms with Gasteiger partial charge in [0.2, 0.25) is 0 Å². The van der Waals surface area contributed by atoms with Crippen molar-refractivity contribution in [2.45, 2.75) is 25.8 Å². The Morgan fingerprint density at radius 1 is 1.71 bits per heavy atom. The summed E-state index contributed by atoms with van der Waals surface area (Å²) in [6, 6.07) is 0. The van der Waals surface area contributed by atoms with Gasteiger partial charge in [0.05, 0.1) is 12.0 Å². The second-order valence-corrected chi connectivity index (χ2v) is 4.28. The first-order valence-electron chi connectivity index (χ1n) is 5.15. The van der Waals surface area contributed by atoms with E-state index in [2.05, 4.69) is 14.9 Å². The van der Waals surface area contributed by atoms with Crippen LogP contribution in [-0.2, 0) is 13.0 Å². The average Bonchev–Trinajstić information content (AvgIpc) is 2.57. The zero-order valence-corrected chi connectivity index (χ0v) is 9.22. The van der Waals surface area contributed by atoms with Crippen molar-refractivity contribution in [3.63, 3.8) is 0 Å². The van der Waals surface area contributed by atoms with E-state index >= 15 is 0 Å². The molecule has 1 aliphatic heterocycles. The molecule has 0 aliphatic carbocycles. The third-order valence-corrected chi connectivity index (χ3v) is 3.27. The van der Waals surface area contributed by atoms with Crippen LogP contribution in [-0.4, -0.2) is 23.1 Å². The lowest BCUT2D eigenvalue weighted by atomic mass is 9.93. The van der Waals surface area contributed by atoms with Crippen LogP contribution in [0.5, 0.6) is 0 Å². The highest BCUT2D eigenvalue weighted by Crippen LogP contribution is 2.26. The Labute approximate surface area is 89.5 Å². The summed E-state index contributed by atoms with van der Waals surface area (Å²) < 4.78 is 2.18. The van der Waals surface area contributed by atoms with Crippen molar-refractivity contribution < 1.29 is 0 Å². The van der Waals surface area contributed by atoms with E-state index in [4.69, 9.17) is 11.6 Å². The highest BCUT2D eigenvalue weighted by Gasteiger charge is 2.20. The van der Waals surface area contributed by atoms with Crippen LogP contribution in [0.15, 0.2) is 6.33 Å². The minimum absolute atomic E-state index is 0.694. The Balaban J connectivity index is 2.01. The molecule has 1 aromatic heterocycles. The van der Waals surface area contributed by atoms with Gasteiger partial charge in [-0.05, 0) is 38.8 Å². The van der Waals surface area contributed by atoms with Gasteiger partial charge in [0.25, 0.3) is 0 Å². The minimum atomic E-state index is 0.694. The van der Waals surface area contributed by atoms with E-state index in [0.717, 1.165) is 25.4 Å². The molecule has 2 heterocycles. The maximum Gasteiger partial charge on any atom is 0.150 e. The van der Waals surface area contributed by atoms with E-state index in [9.17, 15) is 0 Å². The average molecular weight is 214 g/mol. The fourth-order valence-electron chi connectivity index (χ4n) is 2.07. The Bertz CT molecular complexity index is 308. The first-order valence-corrected chi connectivity index (χ1v) is 5.53. The number of fused-ring (bicyclic) bond motifs is 1. The third-order valence-electron chi connectivity index (χ3n) is 2.96. The quantitative estimate of drug-likeness (QED) is 0.829. The smallest absolute Gasteiger partial charge is 0.150 e. The Hall–Kier alpha value is -0.540. The first-order chi connectivity index (χ1) is 6.81. The molecule has 0 fully saturated rings. The lowest BCUT2D eigenvalue weighted by Crippen LogP contribution is -2.22. The number of nitrogens with zero attached hydrogens (tertiary/aromatic N) is 2. The summed E-state index contributed by atoms with van der Waals surface area (Å²) in [5, 5.41) is 3.89. The van der Waals surface area contributed by atoms with Gasteiger partial charge in [0, 0.05) is 6.54 Å². The largest absolute Gasteiger partial charge is 0.333 e. The van der Waals surface area contributed by atoms with Gasteiger partial charge >= 0.3 is 0 Å². The van der Waals surface area contributed by atoms with E-state index in [-0.39, 0.29) is 0 Å². The van der Waals surface area contributed by atoms with E-state index in [1.165, 1.54) is 18.5 Å². The standard InChI is InChI=1S/C10H16ClN3/c1-12-4-2-8-3-5-14-7-13-10(11)9(14)6-8/h7-8,12H,2-6H2,1H3. The predicted octanol–water partition coefficient (Wildman–Crippen LogP) is 1.71. The molecule has 1 aromatic rings. The highest BCUT2D eigenvalue weighted by atomic mass is 35.5. The second-order valence-electron chi connectivity index (χ2n) is 3.93. The van der Waals surface area contributed by atoms with Gasteiger partial charge in [-0.15, -0.1) is 0 Å². The van der Waals surface area contributed by atoms with Crippen LogP contribution in [0.2, 0.25) is 5.15 Å². The lowest BCUT2D eigenvalue weighted by Gasteiger charge is -2.23. The number of aryl methyl sites for hydroxylation is 1. The Morgan fingerprint density at radius 3 is 3.36 bits per heavy atom. The van der Waals surface area contributed by atoms with Crippen LogP contribution < -0.4 is 5.32 Å². The lowest BCUT2D eigenvalue weighted by molar-refractivity contribution is 0.364. The third kappa shape index (κ3) is 1.93. The van der Waals surface area contributed by atoms with Gasteiger partial charge < -0.3 is 9.88 Å². The first kappa shape index (κ1) is 9.99. The number of rotatable bonds is 3. The van der Waals surface area contributed by atoms with E-state index in [1.807, 2.05) is 13.4 Å². The molecule has 0 bridgehead atoms. The molecule has 0 aromatic carbocycles. The summed E-state index contributed by atoms with van der Waals surface area (Å²) >= 11 is 6.01. The number of nitrogens with one attached hydrogen (secondary N) is 1. The van der Waals surface area contributed by atoms with Gasteiger partial charge in [-0.25, -0.2) is 4.98 Å². The molecule has 2 rings (SSSR count). The molecule has 4 heteroatoms. The number of imidazole rings is 1. The fourth-order valence-corrected chi connectivity index (χ4v) is 2.30. The number of hydrogen-bond donors (Lipinski definition) is 1. The Morgan fingerprint density at radius 2 is 2.57 bits per heavy atom. The molecule has 1 atom stereocenters. The summed E-state index contributed by atoms with van der Waals surface area (Å²) in [4.78, 5) is 4.13. The van der Waals surface area contributed by atoms with Crippen LogP contribution in [0.4, 0.5) is 0 Å². The molecular formula is C10H16ClN3. The van der Waals surface area contributed by atoms with Crippen LogP contribution in [0, 0.1) is 5.92 Å². The highest BCUT2D eigenvalue weighted by molar-refractivity contribution is 6.30. The fraction of sp³-hybridized carbons (Fsp3) is 0.700. The summed E-state index contributed by atoms with van der Waals surface area (Å²) in [6.07, 6.45) is 5.42. The maximum absolute atomic E-state index is 6.01. The molecule has 0 radical (unpaired) electrons. The van der Waals surface area contributed by atoms with Gasteiger partial charge in [0.1, 0.15) is 5.15 Å².